The first-order valence-electron chi connectivity index (χ1n) is 6.35. The number of ether oxygens (including phenoxy) is 1. The molecule has 0 aliphatic carbocycles. The van der Waals surface area contributed by atoms with Crippen LogP contribution in [0.3, 0.4) is 0 Å². The maximum absolute atomic E-state index is 13.4. The van der Waals surface area contributed by atoms with E-state index in [2.05, 4.69) is 0 Å². The fraction of sp³-hybridized carbons (Fsp3) is 0.250. The van der Waals surface area contributed by atoms with Gasteiger partial charge in [-0.2, -0.15) is 0 Å². The quantitative estimate of drug-likeness (QED) is 0.845. The Morgan fingerprint density at radius 2 is 1.95 bits per heavy atom. The third kappa shape index (κ3) is 2.22. The van der Waals surface area contributed by atoms with E-state index in [1.54, 1.807) is 6.07 Å². The Bertz CT molecular complexity index is 609. The number of aliphatic hydroxyl groups is 1. The first-order valence-corrected chi connectivity index (χ1v) is 6.35. The first-order chi connectivity index (χ1) is 9.15. The van der Waals surface area contributed by atoms with Gasteiger partial charge in [0.05, 0.1) is 6.10 Å². The number of fused-ring (bicyclic) bond motifs is 1. The number of rotatable bonds is 1. The van der Waals surface area contributed by atoms with E-state index in [1.165, 1.54) is 12.1 Å². The predicted molar refractivity (Wildman–Crippen MR) is 70.5 cm³/mol. The fourth-order valence-corrected chi connectivity index (χ4v) is 2.54. The highest BCUT2D eigenvalue weighted by Crippen LogP contribution is 2.41. The molecule has 0 saturated heterocycles. The molecule has 1 aliphatic rings. The molecule has 0 bridgehead atoms. The third-order valence-corrected chi connectivity index (χ3v) is 3.57. The number of aliphatic hydroxyl groups excluding tert-OH is 1. The monoisotopic (exact) mass is 258 g/mol. The summed E-state index contributed by atoms with van der Waals surface area (Å²) >= 11 is 0. The summed E-state index contributed by atoms with van der Waals surface area (Å²) in [5, 5.41) is 10.2. The summed E-state index contributed by atoms with van der Waals surface area (Å²) in [5.74, 6) is 0.396. The van der Waals surface area contributed by atoms with Crippen LogP contribution in [0.1, 0.15) is 35.3 Å². The van der Waals surface area contributed by atoms with Gasteiger partial charge in [-0.25, -0.2) is 4.39 Å². The van der Waals surface area contributed by atoms with Gasteiger partial charge in [-0.1, -0.05) is 24.3 Å². The molecule has 0 radical (unpaired) electrons. The zero-order valence-corrected chi connectivity index (χ0v) is 10.6. The fourth-order valence-electron chi connectivity index (χ4n) is 2.54. The van der Waals surface area contributed by atoms with E-state index < -0.39 is 6.10 Å². The predicted octanol–water partition coefficient (Wildman–Crippen LogP) is 3.69. The summed E-state index contributed by atoms with van der Waals surface area (Å²) < 4.78 is 19.3. The molecule has 2 atom stereocenters. The van der Waals surface area contributed by atoms with Crippen LogP contribution in [0.2, 0.25) is 0 Å². The van der Waals surface area contributed by atoms with E-state index in [4.69, 9.17) is 4.74 Å². The molecule has 98 valence electrons. The van der Waals surface area contributed by atoms with Crippen LogP contribution in [-0.2, 0) is 0 Å². The highest BCUT2D eigenvalue weighted by molar-refractivity contribution is 5.39. The SMILES string of the molecule is Cc1ccc(F)cc1C1CC(O)c2ccccc2O1. The van der Waals surface area contributed by atoms with Crippen molar-refractivity contribution in [2.75, 3.05) is 0 Å². The summed E-state index contributed by atoms with van der Waals surface area (Å²) in [6.45, 7) is 1.92. The molecule has 0 amide bonds. The third-order valence-electron chi connectivity index (χ3n) is 3.57. The van der Waals surface area contributed by atoms with E-state index in [9.17, 15) is 9.50 Å². The van der Waals surface area contributed by atoms with Gasteiger partial charge >= 0.3 is 0 Å². The summed E-state index contributed by atoms with van der Waals surface area (Å²) in [5.41, 5.74) is 2.57. The topological polar surface area (TPSA) is 29.5 Å². The molecule has 2 aromatic carbocycles. The standard InChI is InChI=1S/C16H15FO2/c1-10-6-7-11(17)8-13(10)16-9-14(18)12-4-2-3-5-15(12)19-16/h2-8,14,16,18H,9H2,1H3. The lowest BCUT2D eigenvalue weighted by atomic mass is 9.93. The van der Waals surface area contributed by atoms with E-state index in [0.29, 0.717) is 12.2 Å². The smallest absolute Gasteiger partial charge is 0.127 e. The van der Waals surface area contributed by atoms with Crippen LogP contribution in [-0.4, -0.2) is 5.11 Å². The van der Waals surface area contributed by atoms with Gasteiger partial charge in [-0.3, -0.25) is 0 Å². The molecular weight excluding hydrogens is 243 g/mol. The van der Waals surface area contributed by atoms with Gasteiger partial charge in [0.15, 0.2) is 0 Å². The Hall–Kier alpha value is -1.87. The summed E-state index contributed by atoms with van der Waals surface area (Å²) in [6.07, 6.45) is -0.431. The molecule has 19 heavy (non-hydrogen) atoms. The maximum Gasteiger partial charge on any atom is 0.127 e. The van der Waals surface area contributed by atoms with Crippen LogP contribution in [0.4, 0.5) is 4.39 Å². The molecule has 3 rings (SSSR count). The summed E-state index contributed by atoms with van der Waals surface area (Å²) in [7, 11) is 0. The second-order valence-electron chi connectivity index (χ2n) is 4.90. The minimum atomic E-state index is -0.572. The van der Waals surface area contributed by atoms with Gasteiger partial charge in [-0.05, 0) is 36.2 Å². The average molecular weight is 258 g/mol. The molecular formula is C16H15FO2. The summed E-state index contributed by atoms with van der Waals surface area (Å²) in [6, 6.07) is 12.1. The Morgan fingerprint density at radius 1 is 1.16 bits per heavy atom. The Balaban J connectivity index is 1.99. The van der Waals surface area contributed by atoms with E-state index >= 15 is 0 Å². The van der Waals surface area contributed by atoms with Crippen molar-refractivity contribution in [3.8, 4) is 5.75 Å². The maximum atomic E-state index is 13.4. The molecule has 1 aliphatic heterocycles. The van der Waals surface area contributed by atoms with Crippen molar-refractivity contribution in [1.82, 2.24) is 0 Å². The number of aryl methyl sites for hydroxylation is 1. The number of para-hydroxylation sites is 1. The highest BCUT2D eigenvalue weighted by Gasteiger charge is 2.28. The van der Waals surface area contributed by atoms with E-state index in [1.807, 2.05) is 31.2 Å². The lowest BCUT2D eigenvalue weighted by Gasteiger charge is -2.30. The van der Waals surface area contributed by atoms with Gasteiger partial charge in [0.2, 0.25) is 0 Å². The van der Waals surface area contributed by atoms with Gasteiger partial charge < -0.3 is 9.84 Å². The molecule has 0 saturated carbocycles. The van der Waals surface area contributed by atoms with Gasteiger partial charge in [0.25, 0.3) is 0 Å². The van der Waals surface area contributed by atoms with Crippen LogP contribution in [0.25, 0.3) is 0 Å². The molecule has 1 heterocycles. The lowest BCUT2D eigenvalue weighted by molar-refractivity contribution is 0.0653. The van der Waals surface area contributed by atoms with Crippen LogP contribution >= 0.6 is 0 Å². The molecule has 2 unspecified atom stereocenters. The second-order valence-corrected chi connectivity index (χ2v) is 4.90. The van der Waals surface area contributed by atoms with E-state index in [-0.39, 0.29) is 11.9 Å². The molecule has 0 spiro atoms. The highest BCUT2D eigenvalue weighted by atomic mass is 19.1. The van der Waals surface area contributed by atoms with Crippen molar-refractivity contribution in [2.24, 2.45) is 0 Å². The van der Waals surface area contributed by atoms with Crippen molar-refractivity contribution in [3.63, 3.8) is 0 Å². The molecule has 2 aromatic rings. The molecule has 2 nitrogen and oxygen atoms in total. The Kier molecular flexibility index (Phi) is 2.99. The number of hydrogen-bond donors (Lipinski definition) is 1. The van der Waals surface area contributed by atoms with Gasteiger partial charge in [0, 0.05) is 12.0 Å². The van der Waals surface area contributed by atoms with Crippen LogP contribution in [0.15, 0.2) is 42.5 Å². The molecule has 0 aromatic heterocycles. The summed E-state index contributed by atoms with van der Waals surface area (Å²) in [4.78, 5) is 0. The number of halogens is 1. The zero-order valence-electron chi connectivity index (χ0n) is 10.6. The number of hydrogen-bond acceptors (Lipinski definition) is 2. The number of benzene rings is 2. The van der Waals surface area contributed by atoms with Gasteiger partial charge in [0.1, 0.15) is 17.7 Å². The molecule has 1 N–H and O–H groups in total. The van der Waals surface area contributed by atoms with Crippen molar-refractivity contribution in [1.29, 1.82) is 0 Å². The Labute approximate surface area is 111 Å². The van der Waals surface area contributed by atoms with Crippen molar-refractivity contribution >= 4 is 0 Å². The average Bonchev–Trinajstić information content (AvgIpc) is 2.41. The van der Waals surface area contributed by atoms with Crippen molar-refractivity contribution in [3.05, 3.63) is 65.0 Å². The minimum absolute atomic E-state index is 0.280. The van der Waals surface area contributed by atoms with Crippen LogP contribution in [0.5, 0.6) is 5.75 Å². The largest absolute Gasteiger partial charge is 0.485 e. The Morgan fingerprint density at radius 3 is 2.79 bits per heavy atom. The first kappa shape index (κ1) is 12.2. The van der Waals surface area contributed by atoms with Crippen molar-refractivity contribution < 1.29 is 14.2 Å². The van der Waals surface area contributed by atoms with Crippen molar-refractivity contribution in [2.45, 2.75) is 25.6 Å². The second kappa shape index (κ2) is 4.67. The lowest BCUT2D eigenvalue weighted by Crippen LogP contribution is -2.19. The van der Waals surface area contributed by atoms with Crippen LogP contribution in [0, 0.1) is 12.7 Å². The van der Waals surface area contributed by atoms with E-state index in [0.717, 1.165) is 16.7 Å². The molecule has 0 fully saturated rings. The minimum Gasteiger partial charge on any atom is -0.485 e. The van der Waals surface area contributed by atoms with Crippen LogP contribution < -0.4 is 4.74 Å². The van der Waals surface area contributed by atoms with Gasteiger partial charge in [-0.15, -0.1) is 0 Å². The normalized spacial score (nSPS) is 21.6. The zero-order chi connectivity index (χ0) is 13.4. The molecule has 3 heteroatoms.